The number of amides is 1. The van der Waals surface area contributed by atoms with Gasteiger partial charge in [-0.2, -0.15) is 5.10 Å². The van der Waals surface area contributed by atoms with Crippen LogP contribution in [0.3, 0.4) is 0 Å². The van der Waals surface area contributed by atoms with Gasteiger partial charge in [0.2, 0.25) is 0 Å². The molecule has 0 bridgehead atoms. The van der Waals surface area contributed by atoms with Crippen LogP contribution in [-0.2, 0) is 0 Å². The maximum Gasteiger partial charge on any atom is 0.343 e. The largest absolute Gasteiger partial charge is 0.497 e. The van der Waals surface area contributed by atoms with Crippen molar-refractivity contribution in [3.8, 4) is 11.5 Å². The summed E-state index contributed by atoms with van der Waals surface area (Å²) in [4.78, 5) is 25.1. The maximum absolute atomic E-state index is 12.7. The Kier molecular flexibility index (Phi) is 6.66. The normalized spacial score (nSPS) is 10.8. The quantitative estimate of drug-likeness (QED) is 0.179. The number of hydrogen-bond donors (Lipinski definition) is 1. The zero-order valence-corrected chi connectivity index (χ0v) is 18.4. The lowest BCUT2D eigenvalue weighted by Gasteiger charge is -2.11. The highest BCUT2D eigenvalue weighted by Crippen LogP contribution is 2.27. The van der Waals surface area contributed by atoms with Gasteiger partial charge in [-0.3, -0.25) is 4.79 Å². The summed E-state index contributed by atoms with van der Waals surface area (Å²) < 4.78 is 10.8. The molecular formula is C26H19ClN2O4. The van der Waals surface area contributed by atoms with E-state index in [4.69, 9.17) is 21.1 Å². The molecule has 0 atom stereocenters. The summed E-state index contributed by atoms with van der Waals surface area (Å²) in [7, 11) is 1.56. The number of carbonyl (C=O) groups is 2. The molecule has 1 amide bonds. The van der Waals surface area contributed by atoms with Gasteiger partial charge < -0.3 is 9.47 Å². The number of methoxy groups -OCH3 is 1. The van der Waals surface area contributed by atoms with Gasteiger partial charge in [0.25, 0.3) is 5.91 Å². The van der Waals surface area contributed by atoms with Gasteiger partial charge in [0, 0.05) is 16.1 Å². The molecule has 1 N–H and O–H groups in total. The number of nitrogens with one attached hydrogen (secondary N) is 1. The van der Waals surface area contributed by atoms with Crippen molar-refractivity contribution in [3.05, 3.63) is 107 Å². The Labute approximate surface area is 195 Å². The van der Waals surface area contributed by atoms with Crippen molar-refractivity contribution in [1.82, 2.24) is 5.43 Å². The zero-order valence-electron chi connectivity index (χ0n) is 17.6. The van der Waals surface area contributed by atoms with Crippen molar-refractivity contribution >= 4 is 40.5 Å². The summed E-state index contributed by atoms with van der Waals surface area (Å²) in [5, 5.41) is 6.38. The Morgan fingerprint density at radius 1 is 0.879 bits per heavy atom. The average molecular weight is 459 g/mol. The minimum absolute atomic E-state index is 0.319. The van der Waals surface area contributed by atoms with Crippen LogP contribution < -0.4 is 14.9 Å². The molecule has 33 heavy (non-hydrogen) atoms. The zero-order chi connectivity index (χ0) is 23.2. The van der Waals surface area contributed by atoms with Gasteiger partial charge in [-0.05, 0) is 65.4 Å². The third kappa shape index (κ3) is 5.19. The van der Waals surface area contributed by atoms with Crippen LogP contribution in [0, 0.1) is 0 Å². The number of nitrogens with zero attached hydrogens (tertiary/aromatic N) is 1. The van der Waals surface area contributed by atoms with Crippen molar-refractivity contribution in [1.29, 1.82) is 0 Å². The van der Waals surface area contributed by atoms with Crippen molar-refractivity contribution in [2.24, 2.45) is 5.10 Å². The minimum Gasteiger partial charge on any atom is -0.497 e. The molecular weight excluding hydrogens is 440 g/mol. The lowest BCUT2D eigenvalue weighted by Crippen LogP contribution is -2.17. The second kappa shape index (κ2) is 9.97. The monoisotopic (exact) mass is 458 g/mol. The number of rotatable bonds is 6. The number of esters is 1. The number of benzene rings is 4. The number of carbonyl (C=O) groups excluding carboxylic acids is 2. The molecule has 164 valence electrons. The third-order valence-corrected chi connectivity index (χ3v) is 5.18. The number of hydrogen-bond acceptors (Lipinski definition) is 5. The van der Waals surface area contributed by atoms with Gasteiger partial charge in [0.1, 0.15) is 11.5 Å². The molecule has 0 spiro atoms. The van der Waals surface area contributed by atoms with Crippen molar-refractivity contribution in [2.75, 3.05) is 7.11 Å². The standard InChI is InChI=1S/C26H19ClN2O4/c1-32-21-13-8-19(9-14-21)26(31)33-24-15-10-17-4-2-3-5-22(17)23(24)16-28-29-25(30)18-6-11-20(27)12-7-18/h2-16H,1H3,(H,29,30)/b28-16+. The number of fused-ring (bicyclic) bond motifs is 1. The fraction of sp³-hybridized carbons (Fsp3) is 0.0385. The first-order valence-electron chi connectivity index (χ1n) is 10.0. The van der Waals surface area contributed by atoms with Crippen molar-refractivity contribution in [2.45, 2.75) is 0 Å². The van der Waals surface area contributed by atoms with Crippen LogP contribution in [0.5, 0.6) is 11.5 Å². The van der Waals surface area contributed by atoms with Crippen LogP contribution in [0.1, 0.15) is 26.3 Å². The molecule has 0 unspecified atom stereocenters. The van der Waals surface area contributed by atoms with Gasteiger partial charge in [-0.1, -0.05) is 41.9 Å². The molecule has 4 aromatic rings. The van der Waals surface area contributed by atoms with E-state index in [2.05, 4.69) is 10.5 Å². The molecule has 7 heteroatoms. The summed E-state index contributed by atoms with van der Waals surface area (Å²) >= 11 is 5.87. The molecule has 0 fully saturated rings. The smallest absolute Gasteiger partial charge is 0.343 e. The second-order valence-corrected chi connectivity index (χ2v) is 7.46. The first-order chi connectivity index (χ1) is 16.0. The summed E-state index contributed by atoms with van der Waals surface area (Å²) in [5.74, 6) is 0.0493. The van der Waals surface area contributed by atoms with Gasteiger partial charge in [0.05, 0.1) is 18.9 Å². The van der Waals surface area contributed by atoms with E-state index in [1.807, 2.05) is 30.3 Å². The van der Waals surface area contributed by atoms with Crippen LogP contribution in [0.25, 0.3) is 10.8 Å². The lowest BCUT2D eigenvalue weighted by molar-refractivity contribution is 0.0734. The Morgan fingerprint density at radius 3 is 2.30 bits per heavy atom. The summed E-state index contributed by atoms with van der Waals surface area (Å²) in [6.07, 6.45) is 1.47. The van der Waals surface area contributed by atoms with E-state index in [-0.39, 0.29) is 5.91 Å². The molecule has 0 saturated heterocycles. The summed E-state index contributed by atoms with van der Waals surface area (Å²) in [6.45, 7) is 0. The first-order valence-corrected chi connectivity index (χ1v) is 10.4. The highest BCUT2D eigenvalue weighted by Gasteiger charge is 2.14. The fourth-order valence-corrected chi connectivity index (χ4v) is 3.33. The van der Waals surface area contributed by atoms with Gasteiger partial charge in [-0.25, -0.2) is 10.2 Å². The van der Waals surface area contributed by atoms with E-state index in [0.717, 1.165) is 10.8 Å². The minimum atomic E-state index is -0.521. The lowest BCUT2D eigenvalue weighted by atomic mass is 10.0. The van der Waals surface area contributed by atoms with Crippen LogP contribution in [0.4, 0.5) is 0 Å². The molecule has 0 aliphatic heterocycles. The van der Waals surface area contributed by atoms with E-state index in [0.29, 0.717) is 33.2 Å². The Bertz CT molecular complexity index is 1330. The van der Waals surface area contributed by atoms with E-state index in [1.165, 1.54) is 6.21 Å². The molecule has 0 heterocycles. The Morgan fingerprint density at radius 2 is 1.58 bits per heavy atom. The van der Waals surface area contributed by atoms with Gasteiger partial charge in [-0.15, -0.1) is 0 Å². The van der Waals surface area contributed by atoms with Gasteiger partial charge in [0.15, 0.2) is 0 Å². The van der Waals surface area contributed by atoms with Crippen LogP contribution in [-0.4, -0.2) is 25.2 Å². The number of ether oxygens (including phenoxy) is 2. The number of hydrazone groups is 1. The molecule has 0 saturated carbocycles. The Balaban J connectivity index is 1.60. The van der Waals surface area contributed by atoms with Crippen LogP contribution in [0.15, 0.2) is 90.0 Å². The molecule has 6 nitrogen and oxygen atoms in total. The van der Waals surface area contributed by atoms with Crippen LogP contribution in [0.2, 0.25) is 5.02 Å². The van der Waals surface area contributed by atoms with E-state index >= 15 is 0 Å². The molecule has 0 aliphatic carbocycles. The highest BCUT2D eigenvalue weighted by molar-refractivity contribution is 6.30. The molecule has 0 radical (unpaired) electrons. The Hall–Kier alpha value is -4.16. The molecule has 0 aliphatic rings. The highest BCUT2D eigenvalue weighted by atomic mass is 35.5. The van der Waals surface area contributed by atoms with Crippen molar-refractivity contribution < 1.29 is 19.1 Å². The number of halogens is 1. The molecule has 4 aromatic carbocycles. The van der Waals surface area contributed by atoms with E-state index in [1.54, 1.807) is 61.7 Å². The second-order valence-electron chi connectivity index (χ2n) is 7.02. The average Bonchev–Trinajstić information content (AvgIpc) is 2.85. The fourth-order valence-electron chi connectivity index (χ4n) is 3.20. The predicted octanol–water partition coefficient (Wildman–Crippen LogP) is 5.48. The van der Waals surface area contributed by atoms with E-state index in [9.17, 15) is 9.59 Å². The van der Waals surface area contributed by atoms with Gasteiger partial charge >= 0.3 is 5.97 Å². The molecule has 0 aromatic heterocycles. The predicted molar refractivity (Wildman–Crippen MR) is 128 cm³/mol. The summed E-state index contributed by atoms with van der Waals surface area (Å²) in [6, 6.07) is 24.3. The maximum atomic E-state index is 12.7. The summed E-state index contributed by atoms with van der Waals surface area (Å²) in [5.41, 5.74) is 3.85. The topological polar surface area (TPSA) is 77.0 Å². The van der Waals surface area contributed by atoms with E-state index < -0.39 is 5.97 Å². The SMILES string of the molecule is COc1ccc(C(=O)Oc2ccc3ccccc3c2/C=N/NC(=O)c2ccc(Cl)cc2)cc1. The first kappa shape index (κ1) is 22.0. The van der Waals surface area contributed by atoms with Crippen molar-refractivity contribution in [3.63, 3.8) is 0 Å². The third-order valence-electron chi connectivity index (χ3n) is 4.93. The molecule has 4 rings (SSSR count). The van der Waals surface area contributed by atoms with Crippen LogP contribution >= 0.6 is 11.6 Å².